The number of likely N-dealkylation sites (tertiary alicyclic amines) is 1. The van der Waals surface area contributed by atoms with Gasteiger partial charge in [0.15, 0.2) is 11.6 Å². The maximum absolute atomic E-state index is 14.7. The molecule has 1 aliphatic rings. The summed E-state index contributed by atoms with van der Waals surface area (Å²) in [5, 5.41) is 11.3. The van der Waals surface area contributed by atoms with Gasteiger partial charge in [0, 0.05) is 42.9 Å². The lowest BCUT2D eigenvalue weighted by Crippen LogP contribution is -2.41. The molecular formula is C20H17F5N2O3. The number of halogens is 5. The van der Waals surface area contributed by atoms with E-state index in [-0.39, 0.29) is 31.3 Å². The summed E-state index contributed by atoms with van der Waals surface area (Å²) in [5.74, 6) is -10.9. The molecule has 10 heteroatoms. The average molecular weight is 428 g/mol. The van der Waals surface area contributed by atoms with Crippen molar-refractivity contribution in [1.82, 2.24) is 4.90 Å². The second-order valence-electron chi connectivity index (χ2n) is 6.94. The zero-order valence-electron chi connectivity index (χ0n) is 15.5. The van der Waals surface area contributed by atoms with Crippen LogP contribution in [0.25, 0.3) is 0 Å². The molecule has 1 saturated heterocycles. The molecule has 2 N–H and O–H groups in total. The van der Waals surface area contributed by atoms with Gasteiger partial charge in [-0.1, -0.05) is 0 Å². The number of anilines is 1. The van der Waals surface area contributed by atoms with E-state index in [1.807, 2.05) is 0 Å². The molecule has 0 saturated carbocycles. The lowest BCUT2D eigenvalue weighted by Gasteiger charge is -2.24. The molecule has 0 spiro atoms. The average Bonchev–Trinajstić information content (AvgIpc) is 3.19. The van der Waals surface area contributed by atoms with Crippen molar-refractivity contribution in [2.45, 2.75) is 12.3 Å². The lowest BCUT2D eigenvalue weighted by atomic mass is 10.0. The highest BCUT2D eigenvalue weighted by Crippen LogP contribution is 2.34. The molecule has 0 bridgehead atoms. The molecule has 2 aromatic rings. The van der Waals surface area contributed by atoms with Gasteiger partial charge in [-0.2, -0.15) is 8.78 Å². The number of nitrogens with zero attached hydrogens (tertiary/aromatic N) is 1. The van der Waals surface area contributed by atoms with E-state index in [1.165, 1.54) is 0 Å². The number of amides is 2. The fourth-order valence-electron chi connectivity index (χ4n) is 3.16. The van der Waals surface area contributed by atoms with Crippen molar-refractivity contribution in [2.24, 2.45) is 5.92 Å². The first-order chi connectivity index (χ1) is 14.1. The molecule has 1 heterocycles. The quantitative estimate of drug-likeness (QED) is 0.719. The minimum Gasteiger partial charge on any atom is -0.396 e. The van der Waals surface area contributed by atoms with Gasteiger partial charge in [0.2, 0.25) is 0 Å². The summed E-state index contributed by atoms with van der Waals surface area (Å²) in [6.45, 7) is -0.343. The van der Waals surface area contributed by atoms with E-state index in [4.69, 9.17) is 5.11 Å². The molecular weight excluding hydrogens is 411 g/mol. The van der Waals surface area contributed by atoms with Crippen molar-refractivity contribution in [1.29, 1.82) is 0 Å². The lowest BCUT2D eigenvalue weighted by molar-refractivity contribution is -0.158. The van der Waals surface area contributed by atoms with Gasteiger partial charge < -0.3 is 15.3 Å². The molecule has 0 aromatic heterocycles. The van der Waals surface area contributed by atoms with Gasteiger partial charge in [0.1, 0.15) is 5.82 Å². The number of benzene rings is 2. The summed E-state index contributed by atoms with van der Waals surface area (Å²) in [7, 11) is 0. The second kappa shape index (κ2) is 8.39. The Morgan fingerprint density at radius 2 is 1.77 bits per heavy atom. The van der Waals surface area contributed by atoms with E-state index in [1.54, 1.807) is 0 Å². The van der Waals surface area contributed by atoms with Gasteiger partial charge in [-0.25, -0.2) is 13.2 Å². The highest BCUT2D eigenvalue weighted by Gasteiger charge is 2.47. The molecule has 3 rings (SSSR count). The predicted molar refractivity (Wildman–Crippen MR) is 96.4 cm³/mol. The van der Waals surface area contributed by atoms with Crippen molar-refractivity contribution >= 4 is 17.5 Å². The van der Waals surface area contributed by atoms with E-state index >= 15 is 0 Å². The molecule has 160 valence electrons. The van der Waals surface area contributed by atoms with Crippen LogP contribution in [0.2, 0.25) is 0 Å². The predicted octanol–water partition coefficient (Wildman–Crippen LogP) is 3.29. The summed E-state index contributed by atoms with van der Waals surface area (Å²) in [5.41, 5.74) is -1.82. The molecule has 0 unspecified atom stereocenters. The first-order valence-electron chi connectivity index (χ1n) is 8.98. The Balaban J connectivity index is 1.84. The summed E-state index contributed by atoms with van der Waals surface area (Å²) >= 11 is 0. The Bertz CT molecular complexity index is 983. The molecule has 1 atom stereocenters. The van der Waals surface area contributed by atoms with Crippen LogP contribution in [0.1, 0.15) is 22.3 Å². The van der Waals surface area contributed by atoms with Crippen molar-refractivity contribution < 1.29 is 36.6 Å². The van der Waals surface area contributed by atoms with Crippen LogP contribution in [-0.2, 0) is 10.7 Å². The number of alkyl halides is 2. The number of aliphatic hydroxyl groups is 1. The van der Waals surface area contributed by atoms with Gasteiger partial charge in [-0.3, -0.25) is 9.59 Å². The highest BCUT2D eigenvalue weighted by atomic mass is 19.3. The molecule has 1 fully saturated rings. The van der Waals surface area contributed by atoms with E-state index in [9.17, 15) is 31.5 Å². The Hall–Kier alpha value is -3.01. The topological polar surface area (TPSA) is 69.6 Å². The van der Waals surface area contributed by atoms with Crippen molar-refractivity contribution in [3.05, 3.63) is 65.0 Å². The zero-order valence-corrected chi connectivity index (χ0v) is 15.5. The minimum absolute atomic E-state index is 0.00240. The van der Waals surface area contributed by atoms with Crippen LogP contribution >= 0.6 is 0 Å². The number of carbonyl (C=O) groups excluding carboxylic acids is 2. The monoisotopic (exact) mass is 428 g/mol. The van der Waals surface area contributed by atoms with Crippen LogP contribution in [0.3, 0.4) is 0 Å². The molecule has 0 aliphatic carbocycles. The Kier molecular flexibility index (Phi) is 6.06. The van der Waals surface area contributed by atoms with Crippen LogP contribution < -0.4 is 5.32 Å². The number of hydrogen-bond donors (Lipinski definition) is 2. The molecule has 5 nitrogen and oxygen atoms in total. The Labute approximate surface area is 168 Å². The Morgan fingerprint density at radius 1 is 1.07 bits per heavy atom. The van der Waals surface area contributed by atoms with E-state index in [2.05, 4.69) is 5.32 Å². The first-order valence-corrected chi connectivity index (χ1v) is 8.98. The molecule has 30 heavy (non-hydrogen) atoms. The van der Waals surface area contributed by atoms with Gasteiger partial charge >= 0.3 is 5.92 Å². The normalized spacial score (nSPS) is 16.6. The summed E-state index contributed by atoms with van der Waals surface area (Å²) in [6, 6.07) is 4.61. The Morgan fingerprint density at radius 3 is 2.40 bits per heavy atom. The van der Waals surface area contributed by atoms with Crippen LogP contribution in [0.5, 0.6) is 0 Å². The van der Waals surface area contributed by atoms with Gasteiger partial charge in [0.25, 0.3) is 11.8 Å². The smallest absolute Gasteiger partial charge is 0.352 e. The summed E-state index contributed by atoms with van der Waals surface area (Å²) in [4.78, 5) is 25.4. The molecule has 1 aliphatic heterocycles. The molecule has 2 amide bonds. The van der Waals surface area contributed by atoms with Crippen LogP contribution in [0, 0.1) is 23.4 Å². The number of nitrogens with one attached hydrogen (secondary N) is 1. The van der Waals surface area contributed by atoms with Crippen LogP contribution in [-0.4, -0.2) is 41.5 Å². The number of carbonyl (C=O) groups is 2. The van der Waals surface area contributed by atoms with Crippen molar-refractivity contribution in [2.75, 3.05) is 25.0 Å². The highest BCUT2D eigenvalue weighted by molar-refractivity contribution is 6.04. The summed E-state index contributed by atoms with van der Waals surface area (Å²) < 4.78 is 69.9. The summed E-state index contributed by atoms with van der Waals surface area (Å²) in [6.07, 6.45) is 0.345. The first kappa shape index (κ1) is 21.7. The fraction of sp³-hybridized carbons (Fsp3) is 0.300. The van der Waals surface area contributed by atoms with E-state index < -0.39 is 46.3 Å². The fourth-order valence-corrected chi connectivity index (χ4v) is 3.16. The standard InChI is InChI=1S/C20H17F5N2O3/c21-15-3-1-12(18(29)26-13-2-4-16(22)17(23)8-13)7-14(15)20(24,25)19(30)27-6-5-11(9-27)10-28/h1-4,7-8,11,28H,5-6,9-10H2,(H,26,29)/t11-/m0/s1. The van der Waals surface area contributed by atoms with Gasteiger partial charge in [0.05, 0.1) is 5.56 Å². The third kappa shape index (κ3) is 4.28. The zero-order chi connectivity index (χ0) is 22.1. The van der Waals surface area contributed by atoms with E-state index in [0.29, 0.717) is 24.6 Å². The molecule has 2 aromatic carbocycles. The van der Waals surface area contributed by atoms with Crippen molar-refractivity contribution in [3.63, 3.8) is 0 Å². The van der Waals surface area contributed by atoms with Crippen LogP contribution in [0.15, 0.2) is 36.4 Å². The maximum Gasteiger partial charge on any atom is 0.352 e. The van der Waals surface area contributed by atoms with Gasteiger partial charge in [-0.05, 0) is 36.8 Å². The van der Waals surface area contributed by atoms with Crippen LogP contribution in [0.4, 0.5) is 27.6 Å². The van der Waals surface area contributed by atoms with E-state index in [0.717, 1.165) is 23.1 Å². The third-order valence-corrected chi connectivity index (χ3v) is 4.84. The number of rotatable bonds is 5. The number of aliphatic hydroxyl groups excluding tert-OH is 1. The minimum atomic E-state index is -4.24. The van der Waals surface area contributed by atoms with Crippen molar-refractivity contribution in [3.8, 4) is 0 Å². The molecule has 0 radical (unpaired) electrons. The SMILES string of the molecule is O=C(Nc1ccc(F)c(F)c1)c1ccc(F)c(C(F)(F)C(=O)N2CC[C@H](CO)C2)c1. The largest absolute Gasteiger partial charge is 0.396 e. The van der Waals surface area contributed by atoms with Gasteiger partial charge in [-0.15, -0.1) is 0 Å². The maximum atomic E-state index is 14.7. The second-order valence-corrected chi connectivity index (χ2v) is 6.94. The third-order valence-electron chi connectivity index (χ3n) is 4.84. The number of hydrogen-bond acceptors (Lipinski definition) is 3.